The van der Waals surface area contributed by atoms with E-state index >= 15 is 0 Å². The Labute approximate surface area is 107 Å². The molecule has 1 spiro atoms. The fourth-order valence-corrected chi connectivity index (χ4v) is 2.68. The van der Waals surface area contributed by atoms with E-state index in [0.29, 0.717) is 6.61 Å². The fourth-order valence-electron chi connectivity index (χ4n) is 2.68. The van der Waals surface area contributed by atoms with Crippen LogP contribution in [0.5, 0.6) is 5.75 Å². The Kier molecular flexibility index (Phi) is 3.24. The summed E-state index contributed by atoms with van der Waals surface area (Å²) in [6.45, 7) is 2.68. The molecule has 0 radical (unpaired) electrons. The number of methoxy groups -OCH3 is 1. The van der Waals surface area contributed by atoms with Gasteiger partial charge in [0.2, 0.25) is 0 Å². The highest BCUT2D eigenvalue weighted by atomic mass is 16.7. The quantitative estimate of drug-likeness (QED) is 0.868. The molecule has 0 aliphatic carbocycles. The van der Waals surface area contributed by atoms with Gasteiger partial charge in [-0.25, -0.2) is 0 Å². The maximum atomic E-state index is 6.18. The second-order valence-corrected chi connectivity index (χ2v) is 4.94. The molecule has 2 fully saturated rings. The average molecular weight is 249 g/mol. The lowest BCUT2D eigenvalue weighted by atomic mass is 9.94. The fraction of sp³-hybridized carbons (Fsp3) is 0.571. The third-order valence-corrected chi connectivity index (χ3v) is 3.76. The molecule has 2 heterocycles. The minimum absolute atomic E-state index is 0.100. The summed E-state index contributed by atoms with van der Waals surface area (Å²) in [6.07, 6.45) is 1.73. The number of piperidine rings is 1. The SMILES string of the molecule is COc1ccccc1C1OCC2(CCNCC2)O1. The number of para-hydroxylation sites is 1. The van der Waals surface area contributed by atoms with Crippen molar-refractivity contribution in [3.05, 3.63) is 29.8 Å². The van der Waals surface area contributed by atoms with Gasteiger partial charge in [0, 0.05) is 5.56 Å². The first-order chi connectivity index (χ1) is 8.83. The van der Waals surface area contributed by atoms with Crippen molar-refractivity contribution < 1.29 is 14.2 Å². The Morgan fingerprint density at radius 2 is 2.06 bits per heavy atom. The largest absolute Gasteiger partial charge is 0.496 e. The first-order valence-electron chi connectivity index (χ1n) is 6.46. The van der Waals surface area contributed by atoms with E-state index in [4.69, 9.17) is 14.2 Å². The second kappa shape index (κ2) is 4.88. The number of nitrogens with one attached hydrogen (secondary N) is 1. The zero-order valence-electron chi connectivity index (χ0n) is 10.6. The molecule has 3 rings (SSSR count). The molecular weight excluding hydrogens is 230 g/mol. The molecule has 1 aromatic rings. The highest BCUT2D eigenvalue weighted by Crippen LogP contribution is 2.41. The molecule has 0 bridgehead atoms. The summed E-state index contributed by atoms with van der Waals surface area (Å²) in [5.74, 6) is 0.827. The third kappa shape index (κ3) is 2.11. The molecule has 1 N–H and O–H groups in total. The monoisotopic (exact) mass is 249 g/mol. The molecule has 2 aliphatic heterocycles. The van der Waals surface area contributed by atoms with Crippen LogP contribution in [0.4, 0.5) is 0 Å². The molecule has 1 unspecified atom stereocenters. The standard InChI is InChI=1S/C14H19NO3/c1-16-12-5-3-2-4-11(12)13-17-10-14(18-13)6-8-15-9-7-14/h2-5,13,15H,6-10H2,1H3. The zero-order chi connectivity index (χ0) is 12.4. The molecule has 2 saturated heterocycles. The van der Waals surface area contributed by atoms with Crippen LogP contribution in [0.3, 0.4) is 0 Å². The predicted octanol–water partition coefficient (Wildman–Crippen LogP) is 1.86. The molecule has 18 heavy (non-hydrogen) atoms. The number of ether oxygens (including phenoxy) is 3. The lowest BCUT2D eigenvalue weighted by Gasteiger charge is -2.31. The Bertz CT molecular complexity index is 415. The molecule has 0 aromatic heterocycles. The molecule has 0 saturated carbocycles. The van der Waals surface area contributed by atoms with Gasteiger partial charge < -0.3 is 19.5 Å². The minimum Gasteiger partial charge on any atom is -0.496 e. The molecule has 1 atom stereocenters. The van der Waals surface area contributed by atoms with Crippen molar-refractivity contribution in [3.63, 3.8) is 0 Å². The first kappa shape index (κ1) is 12.0. The summed E-state index contributed by atoms with van der Waals surface area (Å²) in [7, 11) is 1.67. The van der Waals surface area contributed by atoms with Gasteiger partial charge in [0.15, 0.2) is 6.29 Å². The van der Waals surface area contributed by atoms with Crippen molar-refractivity contribution in [2.45, 2.75) is 24.7 Å². The lowest BCUT2D eigenvalue weighted by molar-refractivity contribution is -0.101. The van der Waals surface area contributed by atoms with Crippen molar-refractivity contribution in [1.82, 2.24) is 5.32 Å². The van der Waals surface area contributed by atoms with Crippen LogP contribution in [0.1, 0.15) is 24.7 Å². The molecule has 1 aromatic carbocycles. The molecule has 0 amide bonds. The number of rotatable bonds is 2. The Morgan fingerprint density at radius 1 is 1.28 bits per heavy atom. The van der Waals surface area contributed by atoms with E-state index in [0.717, 1.165) is 37.2 Å². The van der Waals surface area contributed by atoms with Crippen molar-refractivity contribution in [2.24, 2.45) is 0 Å². The minimum atomic E-state index is -0.292. The van der Waals surface area contributed by atoms with Crippen LogP contribution in [0.2, 0.25) is 0 Å². The maximum Gasteiger partial charge on any atom is 0.188 e. The van der Waals surface area contributed by atoms with Crippen LogP contribution >= 0.6 is 0 Å². The Morgan fingerprint density at radius 3 is 2.83 bits per heavy atom. The second-order valence-electron chi connectivity index (χ2n) is 4.94. The van der Waals surface area contributed by atoms with Gasteiger partial charge >= 0.3 is 0 Å². The third-order valence-electron chi connectivity index (χ3n) is 3.76. The van der Waals surface area contributed by atoms with Crippen LogP contribution in [0, 0.1) is 0 Å². The van der Waals surface area contributed by atoms with E-state index in [1.807, 2.05) is 24.3 Å². The van der Waals surface area contributed by atoms with Gasteiger partial charge in [-0.3, -0.25) is 0 Å². The van der Waals surface area contributed by atoms with Gasteiger partial charge in [0.25, 0.3) is 0 Å². The summed E-state index contributed by atoms with van der Waals surface area (Å²) >= 11 is 0. The molecule has 4 heteroatoms. The van der Waals surface area contributed by atoms with E-state index in [9.17, 15) is 0 Å². The Hall–Kier alpha value is -1.10. The van der Waals surface area contributed by atoms with Crippen LogP contribution in [-0.4, -0.2) is 32.4 Å². The van der Waals surface area contributed by atoms with E-state index < -0.39 is 0 Å². The zero-order valence-corrected chi connectivity index (χ0v) is 10.6. The summed E-state index contributed by atoms with van der Waals surface area (Å²) in [5.41, 5.74) is 0.881. The van der Waals surface area contributed by atoms with Crippen LogP contribution in [0.15, 0.2) is 24.3 Å². The van der Waals surface area contributed by atoms with E-state index in [1.165, 1.54) is 0 Å². The lowest BCUT2D eigenvalue weighted by Crippen LogP contribution is -2.43. The molecular formula is C14H19NO3. The van der Waals surface area contributed by atoms with Gasteiger partial charge in [0.05, 0.1) is 19.3 Å². The number of hydrogen-bond donors (Lipinski definition) is 1. The smallest absolute Gasteiger partial charge is 0.188 e. The number of benzene rings is 1. The van der Waals surface area contributed by atoms with Gasteiger partial charge in [-0.2, -0.15) is 0 Å². The van der Waals surface area contributed by atoms with E-state index in [2.05, 4.69) is 5.32 Å². The van der Waals surface area contributed by atoms with Crippen molar-refractivity contribution in [3.8, 4) is 5.75 Å². The maximum absolute atomic E-state index is 6.18. The van der Waals surface area contributed by atoms with Crippen molar-refractivity contribution in [2.75, 3.05) is 26.8 Å². The molecule has 98 valence electrons. The van der Waals surface area contributed by atoms with Crippen LogP contribution in [-0.2, 0) is 9.47 Å². The first-order valence-corrected chi connectivity index (χ1v) is 6.46. The summed E-state index contributed by atoms with van der Waals surface area (Å²) in [4.78, 5) is 0. The summed E-state index contributed by atoms with van der Waals surface area (Å²) < 4.78 is 17.4. The highest BCUT2D eigenvalue weighted by Gasteiger charge is 2.43. The van der Waals surface area contributed by atoms with Gasteiger partial charge in [-0.05, 0) is 32.0 Å². The predicted molar refractivity (Wildman–Crippen MR) is 67.6 cm³/mol. The van der Waals surface area contributed by atoms with Crippen LogP contribution < -0.4 is 10.1 Å². The highest BCUT2D eigenvalue weighted by molar-refractivity contribution is 5.34. The average Bonchev–Trinajstić information content (AvgIpc) is 2.83. The number of hydrogen-bond acceptors (Lipinski definition) is 4. The van der Waals surface area contributed by atoms with Gasteiger partial charge in [-0.1, -0.05) is 18.2 Å². The topological polar surface area (TPSA) is 39.7 Å². The van der Waals surface area contributed by atoms with Gasteiger partial charge in [0.1, 0.15) is 5.75 Å². The van der Waals surface area contributed by atoms with Crippen molar-refractivity contribution in [1.29, 1.82) is 0 Å². The van der Waals surface area contributed by atoms with Crippen LogP contribution in [0.25, 0.3) is 0 Å². The summed E-state index contributed by atoms with van der Waals surface area (Å²) in [6, 6.07) is 7.88. The van der Waals surface area contributed by atoms with E-state index in [1.54, 1.807) is 7.11 Å². The van der Waals surface area contributed by atoms with Gasteiger partial charge in [-0.15, -0.1) is 0 Å². The molecule has 2 aliphatic rings. The normalized spacial score (nSPS) is 26.4. The van der Waals surface area contributed by atoms with E-state index in [-0.39, 0.29) is 11.9 Å². The summed E-state index contributed by atoms with van der Waals surface area (Å²) in [5, 5.41) is 3.35. The molecule has 4 nitrogen and oxygen atoms in total. The Balaban J connectivity index is 1.78. The van der Waals surface area contributed by atoms with Crippen molar-refractivity contribution >= 4 is 0 Å².